The molecule has 0 aliphatic carbocycles. The lowest BCUT2D eigenvalue weighted by Gasteiger charge is -2.42. The molecule has 0 aliphatic heterocycles. The Balaban J connectivity index is 0.000000586. The average Bonchev–Trinajstić information content (AvgIpc) is 3.14. The molecule has 0 aliphatic rings. The minimum absolute atomic E-state index is 0.146. The van der Waals surface area contributed by atoms with Crippen molar-refractivity contribution < 1.29 is 89.4 Å². The molecule has 0 saturated carbocycles. The summed E-state index contributed by atoms with van der Waals surface area (Å²) >= 11 is 0. The number of benzene rings is 4. The van der Waals surface area contributed by atoms with Crippen LogP contribution in [0.2, 0.25) is 0 Å². The molecular formula is C32H23BF15NO4. The highest BCUT2D eigenvalue weighted by atomic mass is 19.2. The molecule has 53 heavy (non-hydrogen) atoms. The molecule has 1 unspecified atom stereocenters. The predicted octanol–water partition coefficient (Wildman–Crippen LogP) is 9.42. The first-order chi connectivity index (χ1) is 24.7. The van der Waals surface area contributed by atoms with Gasteiger partial charge >= 0.3 is 7.32 Å². The maximum absolute atomic E-state index is 14.4. The standard InChI is InChI=1S/C26H22BF10NO4.C6F5/c1-5-38(6-2,7-3)11(4)13-10-12(39)8-9-14(13)40-27(41-25-21(34)17(30)15(28)18(31)22(25)35)42-26-23(36)19(32)16(29)20(33)24(26)37;7-2-1-3(8)5(10)6(11)4(2)9/h8-11H,5-7H2,1-4H3;/q;-1/p+1. The van der Waals surface area contributed by atoms with E-state index in [1.165, 1.54) is 6.07 Å². The topological polar surface area (TPSA) is 47.9 Å². The molecule has 4 rings (SSSR count). The van der Waals surface area contributed by atoms with E-state index in [1.54, 1.807) is 6.92 Å². The summed E-state index contributed by atoms with van der Waals surface area (Å²) in [7, 11) is -2.92. The Labute approximate surface area is 290 Å². The molecule has 0 amide bonds. The summed E-state index contributed by atoms with van der Waals surface area (Å²) < 4.78 is 215. The summed E-state index contributed by atoms with van der Waals surface area (Å²) in [6, 6.07) is 3.76. The van der Waals surface area contributed by atoms with Crippen LogP contribution in [0.3, 0.4) is 0 Å². The van der Waals surface area contributed by atoms with Gasteiger partial charge in [-0.25, -0.2) is 39.5 Å². The Morgan fingerprint density at radius 2 is 0.887 bits per heavy atom. The molecule has 0 spiro atoms. The lowest BCUT2D eigenvalue weighted by molar-refractivity contribution is -0.950. The van der Waals surface area contributed by atoms with Gasteiger partial charge in [0.15, 0.2) is 11.5 Å². The van der Waals surface area contributed by atoms with Crippen molar-refractivity contribution >= 4 is 7.32 Å². The van der Waals surface area contributed by atoms with Gasteiger partial charge < -0.3 is 23.6 Å². The highest BCUT2D eigenvalue weighted by Gasteiger charge is 2.41. The summed E-state index contributed by atoms with van der Waals surface area (Å²) in [5, 5.41) is 10.1. The van der Waals surface area contributed by atoms with Gasteiger partial charge in [0.05, 0.1) is 54.3 Å². The lowest BCUT2D eigenvalue weighted by atomic mass is 10.0. The quantitative estimate of drug-likeness (QED) is 0.0412. The van der Waals surface area contributed by atoms with E-state index in [-0.39, 0.29) is 17.1 Å². The van der Waals surface area contributed by atoms with Crippen molar-refractivity contribution in [2.24, 2.45) is 0 Å². The largest absolute Gasteiger partial charge is 0.864 e. The van der Waals surface area contributed by atoms with Crippen LogP contribution in [0.5, 0.6) is 23.0 Å². The minimum Gasteiger partial charge on any atom is -0.508 e. The molecule has 1 N–H and O–H groups in total. The number of hydrogen-bond donors (Lipinski definition) is 1. The number of nitrogens with zero attached hydrogens (tertiary/aromatic N) is 1. The van der Waals surface area contributed by atoms with Crippen LogP contribution < -0.4 is 14.0 Å². The third-order valence-corrected chi connectivity index (χ3v) is 8.14. The lowest BCUT2D eigenvalue weighted by Crippen LogP contribution is -2.49. The highest BCUT2D eigenvalue weighted by Crippen LogP contribution is 2.38. The van der Waals surface area contributed by atoms with Crippen molar-refractivity contribution in [3.63, 3.8) is 0 Å². The minimum atomic E-state index is -2.92. The van der Waals surface area contributed by atoms with Crippen LogP contribution in [0.1, 0.15) is 39.3 Å². The van der Waals surface area contributed by atoms with Crippen LogP contribution in [0, 0.1) is 93.3 Å². The maximum atomic E-state index is 14.4. The van der Waals surface area contributed by atoms with E-state index < -0.39 is 112 Å². The summed E-state index contributed by atoms with van der Waals surface area (Å²) in [6.07, 6.45) is 0. The summed E-state index contributed by atoms with van der Waals surface area (Å²) in [4.78, 5) is 0. The number of rotatable bonds is 11. The van der Waals surface area contributed by atoms with E-state index in [0.29, 0.717) is 24.1 Å². The number of halogens is 15. The van der Waals surface area contributed by atoms with Gasteiger partial charge in [0.2, 0.25) is 58.2 Å². The molecule has 0 saturated heterocycles. The fraction of sp³-hybridized carbons (Fsp3) is 0.250. The van der Waals surface area contributed by atoms with Crippen LogP contribution in [0.4, 0.5) is 65.9 Å². The molecule has 21 heteroatoms. The molecule has 0 heterocycles. The van der Waals surface area contributed by atoms with E-state index in [1.807, 2.05) is 20.8 Å². The molecule has 288 valence electrons. The fourth-order valence-electron chi connectivity index (χ4n) is 5.00. The van der Waals surface area contributed by atoms with E-state index in [2.05, 4.69) is 9.31 Å². The Bertz CT molecular complexity index is 1830. The zero-order valence-electron chi connectivity index (χ0n) is 27.3. The van der Waals surface area contributed by atoms with Crippen LogP contribution in [-0.2, 0) is 0 Å². The Hall–Kier alpha value is -4.95. The number of quaternary nitrogens is 1. The van der Waals surface area contributed by atoms with Crippen LogP contribution >= 0.6 is 0 Å². The first-order valence-electron chi connectivity index (χ1n) is 14.8. The third kappa shape index (κ3) is 8.33. The molecule has 0 radical (unpaired) electrons. The fourth-order valence-corrected chi connectivity index (χ4v) is 5.00. The van der Waals surface area contributed by atoms with Crippen molar-refractivity contribution in [1.82, 2.24) is 0 Å². The van der Waals surface area contributed by atoms with Crippen LogP contribution in [0.15, 0.2) is 18.2 Å². The molecule has 0 bridgehead atoms. The first-order valence-corrected chi connectivity index (χ1v) is 14.8. The molecule has 4 aromatic carbocycles. The zero-order chi connectivity index (χ0) is 40.3. The second-order valence-corrected chi connectivity index (χ2v) is 10.7. The van der Waals surface area contributed by atoms with Gasteiger partial charge in [-0.15, -0.1) is 6.07 Å². The van der Waals surface area contributed by atoms with Gasteiger partial charge in [0.25, 0.3) is 0 Å². The van der Waals surface area contributed by atoms with Gasteiger partial charge in [-0.1, -0.05) is 0 Å². The number of phenolic OH excluding ortho intramolecular Hbond substituents is 1. The van der Waals surface area contributed by atoms with Gasteiger partial charge in [0, 0.05) is 0 Å². The number of phenols is 1. The highest BCUT2D eigenvalue weighted by molar-refractivity contribution is 6.39. The van der Waals surface area contributed by atoms with E-state index >= 15 is 0 Å². The van der Waals surface area contributed by atoms with Gasteiger partial charge in [-0.05, 0) is 45.9 Å². The maximum Gasteiger partial charge on any atom is 0.864 e. The molecule has 0 aromatic heterocycles. The normalized spacial score (nSPS) is 11.9. The second-order valence-electron chi connectivity index (χ2n) is 10.7. The van der Waals surface area contributed by atoms with Crippen molar-refractivity contribution in [2.75, 3.05) is 19.6 Å². The van der Waals surface area contributed by atoms with E-state index in [0.717, 1.165) is 18.2 Å². The van der Waals surface area contributed by atoms with Crippen molar-refractivity contribution in [2.45, 2.75) is 33.7 Å². The summed E-state index contributed by atoms with van der Waals surface area (Å²) in [5.41, 5.74) is 0.146. The van der Waals surface area contributed by atoms with Gasteiger partial charge in [-0.3, -0.25) is 8.78 Å². The summed E-state index contributed by atoms with van der Waals surface area (Å²) in [5.74, 6) is -40.1. The van der Waals surface area contributed by atoms with Gasteiger partial charge in [0.1, 0.15) is 17.5 Å². The van der Waals surface area contributed by atoms with E-state index in [4.69, 9.17) is 4.65 Å². The molecule has 5 nitrogen and oxygen atoms in total. The smallest absolute Gasteiger partial charge is 0.508 e. The van der Waals surface area contributed by atoms with E-state index in [9.17, 15) is 71.0 Å². The average molecular weight is 781 g/mol. The van der Waals surface area contributed by atoms with Crippen LogP contribution in [0.25, 0.3) is 0 Å². The zero-order valence-corrected chi connectivity index (χ0v) is 27.3. The first kappa shape index (κ1) is 42.5. The van der Waals surface area contributed by atoms with Crippen molar-refractivity contribution in [3.8, 4) is 23.0 Å². The molecule has 0 fully saturated rings. The molecular weight excluding hydrogens is 758 g/mol. The van der Waals surface area contributed by atoms with Crippen molar-refractivity contribution in [1.29, 1.82) is 0 Å². The number of hydrogen-bond acceptors (Lipinski definition) is 4. The SMILES string of the molecule is CC[N+](CC)(CC)C(C)c1cc(O)ccc1OB(Oc1c(F)c(F)c(F)c(F)c1F)Oc1c(F)c(F)c(F)c(F)c1F.Fc1[c-]c(F)c(F)c(F)c1F. The predicted molar refractivity (Wildman–Crippen MR) is 154 cm³/mol. The Morgan fingerprint density at radius 3 is 1.25 bits per heavy atom. The summed E-state index contributed by atoms with van der Waals surface area (Å²) in [6.45, 7) is 8.87. The number of aromatic hydroxyl groups is 1. The molecule has 1 atom stereocenters. The Kier molecular flexibility index (Phi) is 13.5. The second kappa shape index (κ2) is 16.8. The monoisotopic (exact) mass is 781 g/mol. The Morgan fingerprint density at radius 1 is 0.547 bits per heavy atom. The molecule has 4 aromatic rings. The third-order valence-electron chi connectivity index (χ3n) is 8.14. The van der Waals surface area contributed by atoms with Crippen molar-refractivity contribution in [3.05, 3.63) is 117 Å². The van der Waals surface area contributed by atoms with Crippen LogP contribution in [-0.4, -0.2) is 36.5 Å². The van der Waals surface area contributed by atoms with Gasteiger partial charge in [-0.2, -0.15) is 17.6 Å².